The molecule has 0 saturated carbocycles. The normalized spacial score (nSPS) is 16.2. The van der Waals surface area contributed by atoms with Crippen molar-refractivity contribution >= 4 is 732 Å². The Morgan fingerprint density at radius 2 is 0.272 bits per heavy atom. The van der Waals surface area contributed by atoms with Crippen LogP contribution in [0.3, 0.4) is 0 Å². The molecular weight excluding hydrogens is 2830 g/mol. The minimum Gasteiger partial charge on any atom is -0.133 e. The molecule has 0 fully saturated rings. The summed E-state index contributed by atoms with van der Waals surface area (Å²) >= 11 is 0. The molecule has 552 valence electrons. The lowest BCUT2D eigenvalue weighted by Gasteiger charge is -2.54. The highest BCUT2D eigenvalue weighted by Crippen LogP contribution is 3.42. The average molecular weight is 2920 g/mol. The summed E-state index contributed by atoms with van der Waals surface area (Å²) in [4.78, 5) is 0. The van der Waals surface area contributed by atoms with Gasteiger partial charge in [-0.25, -0.2) is 0 Å². The van der Waals surface area contributed by atoms with Gasteiger partial charge in [-0.3, -0.25) is 0 Å². The van der Waals surface area contributed by atoms with Gasteiger partial charge in [0.1, 0.15) is 7.57 Å². The van der Waals surface area contributed by atoms with E-state index in [9.17, 15) is 0 Å². The molecule has 0 aliphatic heterocycles. The molecule has 50 unspecified atom stereocenters. The molecule has 0 amide bonds. The van der Waals surface area contributed by atoms with Crippen molar-refractivity contribution in [2.75, 3.05) is 0 Å². The van der Waals surface area contributed by atoms with Crippen molar-refractivity contribution in [3.8, 4) is 0 Å². The second kappa shape index (κ2) is 72.2. The van der Waals surface area contributed by atoms with E-state index in [4.69, 9.17) is 0 Å². The van der Waals surface area contributed by atoms with E-state index in [0.717, 1.165) is 0 Å². The lowest BCUT2D eigenvalue weighted by atomic mass is 10.8. The Kier molecular flexibility index (Phi) is 103. The molecule has 0 radical (unpaired) electrons. The molecule has 0 N–H and O–H groups in total. The minimum atomic E-state index is -0.537. The third kappa shape index (κ3) is 47.4. The summed E-state index contributed by atoms with van der Waals surface area (Å²) in [5.74, 6) is 0. The standard InChI is InChI=1S/BH93P90S/c1-49(2)74(50(3)4)85(71(45)46)72(86(75(51(5)6)52(7)8)76(53(9)10)54(11)12)47-92(91(89(81(63(29)30)64(31)32)82(65(33)34)66(35)36)90(83(67(37)38)68(39)40)84(69(41)42)70(43)44)48-73(87(77(55(13)14)56(15)16)78(57(17)18)58(19)20)88(79(59(21)22)60(23)24)80(61(25)26)62(27)28/h92H,1-46H2. The third-order valence-corrected chi connectivity index (χ3v) is 640. The van der Waals surface area contributed by atoms with Gasteiger partial charge in [-0.1, -0.05) is 7.18 Å². The van der Waals surface area contributed by atoms with Crippen LogP contribution in [0.1, 0.15) is 0 Å². The Hall–Kier alpha value is 38.9. The quantitative estimate of drug-likeness (QED) is 0.0351. The summed E-state index contributed by atoms with van der Waals surface area (Å²) in [6.07, 6.45) is 0. The van der Waals surface area contributed by atoms with Gasteiger partial charge in [-0.05, 0) is 245 Å². The van der Waals surface area contributed by atoms with Crippen LogP contribution >= 0.6 is 716 Å². The Balaban J connectivity index is 13.4. The van der Waals surface area contributed by atoms with Gasteiger partial charge in [0.25, 0.3) is 0 Å². The summed E-state index contributed by atoms with van der Waals surface area (Å²) in [5.41, 5.74) is 0. The van der Waals surface area contributed by atoms with Crippen LogP contribution in [0.4, 0.5) is 0 Å². The summed E-state index contributed by atoms with van der Waals surface area (Å²) in [7, 11) is 171. The lowest BCUT2D eigenvalue weighted by molar-refractivity contribution is 4.41. The molecule has 0 aliphatic rings. The first-order valence-electron chi connectivity index (χ1n) is 21.1. The molecule has 92 heteroatoms. The van der Waals surface area contributed by atoms with Crippen LogP contribution in [0.25, 0.3) is 0 Å². The van der Waals surface area contributed by atoms with Crippen molar-refractivity contribution in [1.29, 1.82) is 0 Å². The molecule has 0 aromatic carbocycles. The molecule has 0 bridgehead atoms. The van der Waals surface area contributed by atoms with Crippen LogP contribution in [0.5, 0.6) is 0 Å². The maximum atomic E-state index is 3.77. The van der Waals surface area contributed by atoms with Crippen molar-refractivity contribution in [1.82, 2.24) is 0 Å². The first-order valence-corrected chi connectivity index (χ1v) is 187. The number of hydrogen-bond donors (Lipinski definition) is 1. The molecule has 0 aromatic rings. The highest BCUT2D eigenvalue weighted by Gasteiger charge is 2.56. The van der Waals surface area contributed by atoms with Crippen molar-refractivity contribution < 1.29 is 0 Å². The summed E-state index contributed by atoms with van der Waals surface area (Å²) in [5, 5.41) is 0. The summed E-state index contributed by atoms with van der Waals surface area (Å²) in [6, 6.07) is 0. The largest absolute Gasteiger partial charge is 0.145 e. The molecule has 0 nitrogen and oxygen atoms in total. The molecular formula is H93BP90S. The van der Waals surface area contributed by atoms with Crippen molar-refractivity contribution in [2.45, 2.75) is 0 Å². The highest BCUT2D eigenvalue weighted by molar-refractivity contribution is 9.52. The van der Waals surface area contributed by atoms with E-state index in [1.807, 2.05) is 0 Å². The molecule has 92 heavy (non-hydrogen) atoms. The van der Waals surface area contributed by atoms with E-state index in [-0.39, 0.29) is 280 Å². The summed E-state index contributed by atoms with van der Waals surface area (Å²) < 4.78 is 0. The zero-order chi connectivity index (χ0) is 72.8. The fourth-order valence-corrected chi connectivity index (χ4v) is 1300. The second-order valence-corrected chi connectivity index (χ2v) is 390. The predicted molar refractivity (Wildman–Crippen MR) is 766 cm³/mol. The third-order valence-electron chi connectivity index (χ3n) is 8.03. The van der Waals surface area contributed by atoms with Crippen LogP contribution in [-0.4, -0.2) is 7.57 Å². The molecule has 0 aliphatic carbocycles. The highest BCUT2D eigenvalue weighted by atomic mass is 33.6. The monoisotopic (exact) mass is 2920 g/mol. The van der Waals surface area contributed by atoms with E-state index < -0.39 is 29.3 Å². The van der Waals surface area contributed by atoms with Crippen molar-refractivity contribution in [3.05, 3.63) is 0 Å². The van der Waals surface area contributed by atoms with E-state index in [1.165, 1.54) is 0 Å². The topological polar surface area (TPSA) is 0 Å². The van der Waals surface area contributed by atoms with Gasteiger partial charge in [0.15, 0.2) is 0 Å². The predicted octanol–water partition coefficient (Wildman–Crippen LogP) is 52.2. The molecule has 0 heterocycles. The first kappa shape index (κ1) is 131. The number of thiol groups is 1. The Bertz CT molecular complexity index is 1730. The number of hydrogen-bond acceptors (Lipinski definition) is 0. The zero-order valence-corrected chi connectivity index (χ0v) is 141. The van der Waals surface area contributed by atoms with E-state index >= 15 is 0 Å². The molecule has 50 atom stereocenters. The average Bonchev–Trinajstić information content (AvgIpc) is 3.33. The SMILES string of the molecule is BP(P)P(P(P)P)P(P(P)P)P(/P=[SH](=P/P(P(P(P(P)P)P(P)P)P(P(P)P)P(P)P)P(P(P(P)P)P(P)P)P(P(P)P)P(P)P)\P(P(P(P(P)P)P(P)P)P(P(P)P)P(P)P)P(P(P(P)P)P(P)P)P(P(P)P)P(P)P)P(P(P(P)P)P(P)P)P(P(P)P)P(P)P. The van der Waals surface area contributed by atoms with Gasteiger partial charge in [-0.2, -0.15) is 0 Å². The van der Waals surface area contributed by atoms with Gasteiger partial charge in [0, 0.05) is 62.4 Å². The van der Waals surface area contributed by atoms with Gasteiger partial charge < -0.3 is 0 Å². The maximum absolute atomic E-state index is 3.77. The van der Waals surface area contributed by atoms with Crippen LogP contribution in [0, 0.1) is 0 Å². The minimum absolute atomic E-state index is 0.227. The molecule has 0 saturated heterocycles. The fraction of sp³-hybridized carbons (Fsp3) is 0. The van der Waals surface area contributed by atoms with Gasteiger partial charge in [-0.15, -0.1) is 411 Å². The van der Waals surface area contributed by atoms with Crippen LogP contribution in [0.2, 0.25) is 0 Å². The van der Waals surface area contributed by atoms with Gasteiger partial charge in [0.2, 0.25) is 0 Å². The number of rotatable bonds is 43. The Morgan fingerprint density at radius 1 is 0.152 bits per heavy atom. The molecule has 0 aromatic heterocycles. The Morgan fingerprint density at radius 3 is 0.391 bits per heavy atom. The van der Waals surface area contributed by atoms with E-state index in [0.29, 0.717) is 0 Å². The smallest absolute Gasteiger partial charge is 0.133 e. The van der Waals surface area contributed by atoms with E-state index in [2.05, 4.69) is 423 Å². The lowest BCUT2D eigenvalue weighted by Crippen LogP contribution is -1.72. The van der Waals surface area contributed by atoms with Crippen LogP contribution < -0.4 is 0 Å². The molecule has 0 rings (SSSR count). The van der Waals surface area contributed by atoms with Crippen LogP contribution in [0.15, 0.2) is 0 Å². The van der Waals surface area contributed by atoms with Crippen LogP contribution in [-0.2, 0) is 8.87 Å². The maximum Gasteiger partial charge on any atom is 0.145 e. The zero-order valence-electron chi connectivity index (χ0n) is 47.6. The van der Waals surface area contributed by atoms with E-state index in [1.54, 1.807) is 0 Å². The molecule has 0 spiro atoms. The Labute approximate surface area is 720 Å². The first-order chi connectivity index (χ1) is 41.9. The van der Waals surface area contributed by atoms with Crippen molar-refractivity contribution in [3.63, 3.8) is 0 Å². The van der Waals surface area contributed by atoms with Gasteiger partial charge >= 0.3 is 0 Å². The van der Waals surface area contributed by atoms with Gasteiger partial charge in [0.05, 0.1) is 0 Å². The fourth-order valence-electron chi connectivity index (χ4n) is 5.48. The summed E-state index contributed by atoms with van der Waals surface area (Å²) in [6.45, 7) is -14.0. The second-order valence-electron chi connectivity index (χ2n) is 14.7. The van der Waals surface area contributed by atoms with Crippen molar-refractivity contribution in [2.24, 2.45) is 0 Å².